The van der Waals surface area contributed by atoms with Gasteiger partial charge in [0.2, 0.25) is 0 Å². The van der Waals surface area contributed by atoms with Crippen molar-refractivity contribution in [3.8, 4) is 5.75 Å². The lowest BCUT2D eigenvalue weighted by Crippen LogP contribution is -2.22. The van der Waals surface area contributed by atoms with E-state index in [2.05, 4.69) is 42.0 Å². The molecule has 0 saturated carbocycles. The molecule has 2 aromatic carbocycles. The SMILES string of the molecule is CC(C)(C)c1ccccc1OCC(=O)Nc1ccc(Br)cc1Cl. The first-order valence-corrected chi connectivity index (χ1v) is 8.41. The van der Waals surface area contributed by atoms with Gasteiger partial charge in [0.05, 0.1) is 10.7 Å². The Hall–Kier alpha value is -1.52. The lowest BCUT2D eigenvalue weighted by atomic mass is 9.86. The maximum absolute atomic E-state index is 12.1. The molecule has 1 N–H and O–H groups in total. The van der Waals surface area contributed by atoms with Crippen molar-refractivity contribution in [1.82, 2.24) is 0 Å². The van der Waals surface area contributed by atoms with Crippen LogP contribution in [-0.4, -0.2) is 12.5 Å². The first-order valence-electron chi connectivity index (χ1n) is 7.24. The zero-order valence-electron chi connectivity index (χ0n) is 13.3. The largest absolute Gasteiger partial charge is 0.483 e. The van der Waals surface area contributed by atoms with E-state index in [1.165, 1.54) is 0 Å². The van der Waals surface area contributed by atoms with Gasteiger partial charge in [-0.2, -0.15) is 0 Å². The van der Waals surface area contributed by atoms with Gasteiger partial charge in [-0.3, -0.25) is 4.79 Å². The van der Waals surface area contributed by atoms with E-state index in [4.69, 9.17) is 16.3 Å². The highest BCUT2D eigenvalue weighted by molar-refractivity contribution is 9.10. The molecule has 2 aromatic rings. The highest BCUT2D eigenvalue weighted by Crippen LogP contribution is 2.31. The van der Waals surface area contributed by atoms with Crippen molar-refractivity contribution in [1.29, 1.82) is 0 Å². The molecule has 1 amide bonds. The normalized spacial score (nSPS) is 11.2. The number of halogens is 2. The third-order valence-electron chi connectivity index (χ3n) is 3.26. The Balaban J connectivity index is 2.03. The van der Waals surface area contributed by atoms with Gasteiger partial charge in [-0.15, -0.1) is 0 Å². The van der Waals surface area contributed by atoms with E-state index in [-0.39, 0.29) is 17.9 Å². The van der Waals surface area contributed by atoms with Gasteiger partial charge in [-0.25, -0.2) is 0 Å². The fourth-order valence-corrected chi connectivity index (χ4v) is 2.85. The van der Waals surface area contributed by atoms with Crippen molar-refractivity contribution in [3.63, 3.8) is 0 Å². The van der Waals surface area contributed by atoms with Crippen LogP contribution in [0.2, 0.25) is 5.02 Å². The molecule has 0 bridgehead atoms. The average Bonchev–Trinajstić information content (AvgIpc) is 2.47. The number of para-hydroxylation sites is 1. The third-order valence-corrected chi connectivity index (χ3v) is 4.07. The van der Waals surface area contributed by atoms with Gasteiger partial charge in [-0.1, -0.05) is 66.5 Å². The van der Waals surface area contributed by atoms with E-state index < -0.39 is 0 Å². The van der Waals surface area contributed by atoms with Crippen LogP contribution in [-0.2, 0) is 10.2 Å². The summed E-state index contributed by atoms with van der Waals surface area (Å²) in [4.78, 5) is 12.1. The van der Waals surface area contributed by atoms with E-state index in [0.29, 0.717) is 10.7 Å². The quantitative estimate of drug-likeness (QED) is 0.749. The molecule has 0 unspecified atom stereocenters. The fraction of sp³-hybridized carbons (Fsp3) is 0.278. The predicted molar refractivity (Wildman–Crippen MR) is 98.4 cm³/mol. The standard InChI is InChI=1S/C18H19BrClNO2/c1-18(2,3)13-6-4-5-7-16(13)23-11-17(22)21-15-9-8-12(19)10-14(15)20/h4-10H,11H2,1-3H3,(H,21,22). The van der Waals surface area contributed by atoms with Crippen LogP contribution in [0.25, 0.3) is 0 Å². The predicted octanol–water partition coefficient (Wildman–Crippen LogP) is 5.42. The Bertz CT molecular complexity index is 710. The number of benzene rings is 2. The summed E-state index contributed by atoms with van der Waals surface area (Å²) in [6, 6.07) is 13.0. The molecule has 2 rings (SSSR count). The van der Waals surface area contributed by atoms with Crippen LogP contribution in [0.3, 0.4) is 0 Å². The molecule has 23 heavy (non-hydrogen) atoms. The monoisotopic (exact) mass is 395 g/mol. The maximum Gasteiger partial charge on any atom is 0.262 e. The van der Waals surface area contributed by atoms with Gasteiger partial charge in [0, 0.05) is 4.47 Å². The number of ether oxygens (including phenoxy) is 1. The Kier molecular flexibility index (Phi) is 5.71. The number of carbonyl (C=O) groups is 1. The first kappa shape index (κ1) is 17.8. The summed E-state index contributed by atoms with van der Waals surface area (Å²) >= 11 is 9.42. The second kappa shape index (κ2) is 7.37. The number of carbonyl (C=O) groups excluding carboxylic acids is 1. The molecule has 0 spiro atoms. The molecular formula is C18H19BrClNO2. The maximum atomic E-state index is 12.1. The van der Waals surface area contributed by atoms with Crippen molar-refractivity contribution in [2.24, 2.45) is 0 Å². The zero-order valence-corrected chi connectivity index (χ0v) is 15.7. The van der Waals surface area contributed by atoms with E-state index in [1.54, 1.807) is 12.1 Å². The van der Waals surface area contributed by atoms with Crippen LogP contribution in [0.4, 0.5) is 5.69 Å². The summed E-state index contributed by atoms with van der Waals surface area (Å²) < 4.78 is 6.55. The number of hydrogen-bond acceptors (Lipinski definition) is 2. The minimum atomic E-state index is -0.252. The second-order valence-electron chi connectivity index (χ2n) is 6.21. The number of nitrogens with one attached hydrogen (secondary N) is 1. The molecule has 0 heterocycles. The molecule has 0 aliphatic rings. The lowest BCUT2D eigenvalue weighted by molar-refractivity contribution is -0.118. The molecule has 0 aromatic heterocycles. The topological polar surface area (TPSA) is 38.3 Å². The smallest absolute Gasteiger partial charge is 0.262 e. The number of anilines is 1. The Morgan fingerprint density at radius 3 is 2.57 bits per heavy atom. The minimum absolute atomic E-state index is 0.0535. The number of hydrogen-bond donors (Lipinski definition) is 1. The van der Waals surface area contributed by atoms with Crippen molar-refractivity contribution in [3.05, 3.63) is 57.5 Å². The Morgan fingerprint density at radius 2 is 1.91 bits per heavy atom. The van der Waals surface area contributed by atoms with Crippen LogP contribution in [0, 0.1) is 0 Å². The first-order chi connectivity index (χ1) is 10.8. The molecule has 0 fully saturated rings. The molecule has 0 atom stereocenters. The van der Waals surface area contributed by atoms with Gasteiger partial charge in [0.15, 0.2) is 6.61 Å². The summed E-state index contributed by atoms with van der Waals surface area (Å²) in [6.45, 7) is 6.25. The van der Waals surface area contributed by atoms with Crippen molar-refractivity contribution < 1.29 is 9.53 Å². The van der Waals surface area contributed by atoms with E-state index in [0.717, 1.165) is 15.8 Å². The summed E-state index contributed by atoms with van der Waals surface area (Å²) in [5.41, 5.74) is 1.57. The molecule has 0 radical (unpaired) electrons. The van der Waals surface area contributed by atoms with E-state index in [9.17, 15) is 4.79 Å². The fourth-order valence-electron chi connectivity index (χ4n) is 2.13. The average molecular weight is 397 g/mol. The highest BCUT2D eigenvalue weighted by Gasteiger charge is 2.19. The Labute approximate surface area is 150 Å². The third kappa shape index (κ3) is 4.98. The highest BCUT2D eigenvalue weighted by atomic mass is 79.9. The van der Waals surface area contributed by atoms with E-state index in [1.807, 2.05) is 30.3 Å². The van der Waals surface area contributed by atoms with Crippen molar-refractivity contribution in [2.75, 3.05) is 11.9 Å². The lowest BCUT2D eigenvalue weighted by Gasteiger charge is -2.22. The van der Waals surface area contributed by atoms with E-state index >= 15 is 0 Å². The van der Waals surface area contributed by atoms with Crippen LogP contribution < -0.4 is 10.1 Å². The molecular weight excluding hydrogens is 378 g/mol. The summed E-state index contributed by atoms with van der Waals surface area (Å²) in [5.74, 6) is 0.468. The zero-order chi connectivity index (χ0) is 17.0. The molecule has 5 heteroatoms. The Morgan fingerprint density at radius 1 is 1.22 bits per heavy atom. The summed E-state index contributed by atoms with van der Waals surface area (Å²) in [7, 11) is 0. The second-order valence-corrected chi connectivity index (χ2v) is 7.53. The van der Waals surface area contributed by atoms with Crippen LogP contribution in [0.1, 0.15) is 26.3 Å². The molecule has 3 nitrogen and oxygen atoms in total. The van der Waals surface area contributed by atoms with Crippen molar-refractivity contribution >= 4 is 39.1 Å². The summed E-state index contributed by atoms with van der Waals surface area (Å²) in [5, 5.41) is 3.22. The van der Waals surface area contributed by atoms with Gasteiger partial charge in [-0.05, 0) is 35.2 Å². The van der Waals surface area contributed by atoms with Gasteiger partial charge >= 0.3 is 0 Å². The minimum Gasteiger partial charge on any atom is -0.483 e. The molecule has 122 valence electrons. The van der Waals surface area contributed by atoms with Crippen LogP contribution in [0.15, 0.2) is 46.9 Å². The van der Waals surface area contributed by atoms with Crippen molar-refractivity contribution in [2.45, 2.75) is 26.2 Å². The van der Waals surface area contributed by atoms with Crippen LogP contribution >= 0.6 is 27.5 Å². The van der Waals surface area contributed by atoms with Gasteiger partial charge in [0.25, 0.3) is 5.91 Å². The molecule has 0 aliphatic carbocycles. The number of amides is 1. The van der Waals surface area contributed by atoms with Crippen LogP contribution in [0.5, 0.6) is 5.75 Å². The molecule has 0 aliphatic heterocycles. The van der Waals surface area contributed by atoms with Gasteiger partial charge in [0.1, 0.15) is 5.75 Å². The number of rotatable bonds is 4. The molecule has 0 saturated heterocycles. The van der Waals surface area contributed by atoms with Gasteiger partial charge < -0.3 is 10.1 Å². The summed E-state index contributed by atoms with van der Waals surface area (Å²) in [6.07, 6.45) is 0.